The van der Waals surface area contributed by atoms with Gasteiger partial charge in [-0.1, -0.05) is 13.0 Å². The van der Waals surface area contributed by atoms with Crippen LogP contribution in [0.5, 0.6) is 5.75 Å². The predicted molar refractivity (Wildman–Crippen MR) is 131 cm³/mol. The maximum absolute atomic E-state index is 11.1. The Labute approximate surface area is 199 Å². The molecule has 5 rings (SSSR count). The first-order chi connectivity index (χ1) is 15.9. The molecule has 3 N–H and O–H groups in total. The van der Waals surface area contributed by atoms with Gasteiger partial charge in [-0.05, 0) is 118 Å². The smallest absolute Gasteiger partial charge is 0.119 e. The highest BCUT2D eigenvalue weighted by molar-refractivity contribution is 5.40. The van der Waals surface area contributed by atoms with Gasteiger partial charge in [0, 0.05) is 18.5 Å². The lowest BCUT2D eigenvalue weighted by atomic mass is 9.55. The molecule has 8 atom stereocenters. The van der Waals surface area contributed by atoms with E-state index in [-0.39, 0.29) is 11.3 Å². The van der Waals surface area contributed by atoms with Gasteiger partial charge >= 0.3 is 0 Å². The number of likely N-dealkylation sites (tertiary alicyclic amines) is 1. The summed E-state index contributed by atoms with van der Waals surface area (Å²) in [6.45, 7) is 7.80. The van der Waals surface area contributed by atoms with Crippen LogP contribution >= 0.6 is 0 Å². The SMILES string of the molecule is CNC(O)C1CC2C3CCc4cc(OCCCN5CCCC5C)ccc4C3CCC2(C)C1O. The van der Waals surface area contributed by atoms with E-state index >= 15 is 0 Å². The van der Waals surface area contributed by atoms with Crippen LogP contribution in [0.25, 0.3) is 0 Å². The molecule has 1 heterocycles. The lowest BCUT2D eigenvalue weighted by Gasteiger charge is -2.50. The molecule has 4 aliphatic rings. The molecule has 5 nitrogen and oxygen atoms in total. The zero-order chi connectivity index (χ0) is 23.2. The van der Waals surface area contributed by atoms with Crippen molar-refractivity contribution in [3.63, 3.8) is 0 Å². The third-order valence-electron chi connectivity index (χ3n) is 9.99. The van der Waals surface area contributed by atoms with Crippen molar-refractivity contribution in [3.8, 4) is 5.75 Å². The quantitative estimate of drug-likeness (QED) is 0.429. The highest BCUT2D eigenvalue weighted by atomic mass is 16.5. The van der Waals surface area contributed by atoms with Gasteiger partial charge in [-0.3, -0.25) is 5.32 Å². The highest BCUT2D eigenvalue weighted by Crippen LogP contribution is 2.62. The lowest BCUT2D eigenvalue weighted by Crippen LogP contribution is -2.46. The Balaban J connectivity index is 1.23. The molecule has 0 bridgehead atoms. The fourth-order valence-electron chi connectivity index (χ4n) is 8.02. The van der Waals surface area contributed by atoms with Crippen molar-refractivity contribution >= 4 is 0 Å². The van der Waals surface area contributed by atoms with Crippen molar-refractivity contribution in [1.29, 1.82) is 0 Å². The van der Waals surface area contributed by atoms with Crippen molar-refractivity contribution < 1.29 is 14.9 Å². The van der Waals surface area contributed by atoms with E-state index < -0.39 is 12.3 Å². The maximum atomic E-state index is 11.1. The minimum absolute atomic E-state index is 0.0653. The normalized spacial score (nSPS) is 39.1. The molecule has 0 aromatic heterocycles. The van der Waals surface area contributed by atoms with Gasteiger partial charge in [0.2, 0.25) is 0 Å². The first-order valence-electron chi connectivity index (χ1n) is 13.5. The minimum Gasteiger partial charge on any atom is -0.494 e. The Morgan fingerprint density at radius 2 is 2.12 bits per heavy atom. The molecule has 184 valence electrons. The number of hydrogen-bond acceptors (Lipinski definition) is 5. The Bertz CT molecular complexity index is 831. The standard InChI is InChI=1S/C28H44N2O3/c1-18-6-4-13-30(18)14-5-15-33-20-8-10-21-19(16-20)7-9-23-22(21)11-12-28(2)25(23)17-24(26(28)31)27(32)29-3/h8,10,16,18,22-27,29,31-32H,4-7,9,11-15,17H2,1-3H3. The zero-order valence-electron chi connectivity index (χ0n) is 20.8. The second-order valence-corrected chi connectivity index (χ2v) is 11.6. The Morgan fingerprint density at radius 3 is 2.88 bits per heavy atom. The molecule has 1 aromatic rings. The van der Waals surface area contributed by atoms with E-state index in [0.717, 1.165) is 57.0 Å². The van der Waals surface area contributed by atoms with Gasteiger partial charge < -0.3 is 19.8 Å². The topological polar surface area (TPSA) is 65.0 Å². The summed E-state index contributed by atoms with van der Waals surface area (Å²) < 4.78 is 6.16. The molecular weight excluding hydrogens is 412 g/mol. The van der Waals surface area contributed by atoms with Crippen molar-refractivity contribution in [2.45, 2.75) is 89.5 Å². The molecule has 0 radical (unpaired) electrons. The second-order valence-electron chi connectivity index (χ2n) is 11.6. The molecule has 1 aromatic carbocycles. The number of aliphatic hydroxyl groups excluding tert-OH is 2. The number of aliphatic hydroxyl groups is 2. The van der Waals surface area contributed by atoms with Gasteiger partial charge in [-0.2, -0.15) is 0 Å². The number of hydrogen-bond donors (Lipinski definition) is 3. The van der Waals surface area contributed by atoms with Crippen LogP contribution in [0.4, 0.5) is 0 Å². The number of aryl methyl sites for hydroxylation is 1. The van der Waals surface area contributed by atoms with E-state index in [2.05, 4.69) is 42.3 Å². The summed E-state index contributed by atoms with van der Waals surface area (Å²) in [6.07, 6.45) is 8.11. The van der Waals surface area contributed by atoms with Crippen LogP contribution in [0.15, 0.2) is 18.2 Å². The highest BCUT2D eigenvalue weighted by Gasteiger charge is 2.59. The van der Waals surface area contributed by atoms with Gasteiger partial charge in [-0.15, -0.1) is 0 Å². The van der Waals surface area contributed by atoms with E-state index in [1.165, 1.54) is 36.9 Å². The van der Waals surface area contributed by atoms with E-state index in [1.807, 2.05) is 0 Å². The third kappa shape index (κ3) is 4.24. The summed E-state index contributed by atoms with van der Waals surface area (Å²) >= 11 is 0. The number of benzene rings is 1. The molecule has 8 unspecified atom stereocenters. The lowest BCUT2D eigenvalue weighted by molar-refractivity contribution is -0.0543. The first kappa shape index (κ1) is 23.6. The van der Waals surface area contributed by atoms with E-state index in [9.17, 15) is 10.2 Å². The monoisotopic (exact) mass is 456 g/mol. The van der Waals surface area contributed by atoms with Crippen molar-refractivity contribution in [2.24, 2.45) is 23.2 Å². The van der Waals surface area contributed by atoms with Gasteiger partial charge in [0.25, 0.3) is 0 Å². The fraction of sp³-hybridized carbons (Fsp3) is 0.786. The Kier molecular flexibility index (Phi) is 6.78. The van der Waals surface area contributed by atoms with Crippen molar-refractivity contribution in [2.75, 3.05) is 26.7 Å². The summed E-state index contributed by atoms with van der Waals surface area (Å²) in [6, 6.07) is 7.55. The van der Waals surface area contributed by atoms with Crippen LogP contribution in [-0.2, 0) is 6.42 Å². The molecule has 5 heteroatoms. The molecule has 1 saturated heterocycles. The summed E-state index contributed by atoms with van der Waals surface area (Å²) in [7, 11) is 1.79. The molecule has 1 aliphatic heterocycles. The van der Waals surface area contributed by atoms with Crippen LogP contribution in [0.3, 0.4) is 0 Å². The number of rotatable bonds is 7. The molecule has 3 fully saturated rings. The van der Waals surface area contributed by atoms with Gasteiger partial charge in [0.1, 0.15) is 12.0 Å². The van der Waals surface area contributed by atoms with Crippen LogP contribution in [-0.4, -0.2) is 60.2 Å². The second kappa shape index (κ2) is 9.49. The Morgan fingerprint density at radius 1 is 1.27 bits per heavy atom. The molecule has 0 spiro atoms. The Hall–Kier alpha value is -1.14. The molecule has 2 saturated carbocycles. The van der Waals surface area contributed by atoms with Gasteiger partial charge in [0.15, 0.2) is 0 Å². The average Bonchev–Trinajstić information content (AvgIpc) is 3.35. The van der Waals surface area contributed by atoms with Crippen LogP contribution < -0.4 is 10.1 Å². The molecule has 33 heavy (non-hydrogen) atoms. The molecule has 3 aliphatic carbocycles. The van der Waals surface area contributed by atoms with E-state index in [4.69, 9.17) is 4.74 Å². The van der Waals surface area contributed by atoms with E-state index in [0.29, 0.717) is 17.8 Å². The van der Waals surface area contributed by atoms with Crippen molar-refractivity contribution in [3.05, 3.63) is 29.3 Å². The summed E-state index contributed by atoms with van der Waals surface area (Å²) in [4.78, 5) is 2.59. The molecular formula is C28H44N2O3. The number of nitrogens with zero attached hydrogens (tertiary/aromatic N) is 1. The zero-order valence-corrected chi connectivity index (χ0v) is 20.8. The fourth-order valence-corrected chi connectivity index (χ4v) is 8.02. The minimum atomic E-state index is -0.620. The predicted octanol–water partition coefficient (Wildman–Crippen LogP) is 3.92. The number of ether oxygens (including phenoxy) is 1. The van der Waals surface area contributed by atoms with Crippen LogP contribution in [0, 0.1) is 23.2 Å². The summed E-state index contributed by atoms with van der Waals surface area (Å²) in [5.41, 5.74) is 2.91. The van der Waals surface area contributed by atoms with Gasteiger partial charge in [0.05, 0.1) is 12.7 Å². The van der Waals surface area contributed by atoms with Crippen LogP contribution in [0.2, 0.25) is 0 Å². The van der Waals surface area contributed by atoms with Gasteiger partial charge in [-0.25, -0.2) is 0 Å². The first-order valence-corrected chi connectivity index (χ1v) is 13.5. The van der Waals surface area contributed by atoms with Crippen molar-refractivity contribution in [1.82, 2.24) is 10.2 Å². The number of fused-ring (bicyclic) bond motifs is 5. The maximum Gasteiger partial charge on any atom is 0.119 e. The summed E-state index contributed by atoms with van der Waals surface area (Å²) in [5.74, 6) is 2.63. The van der Waals surface area contributed by atoms with E-state index in [1.54, 1.807) is 7.05 Å². The largest absolute Gasteiger partial charge is 0.494 e. The summed E-state index contributed by atoms with van der Waals surface area (Å²) in [5, 5.41) is 24.6. The molecule has 0 amide bonds. The average molecular weight is 457 g/mol. The number of nitrogens with one attached hydrogen (secondary N) is 1. The third-order valence-corrected chi connectivity index (χ3v) is 9.99. The van der Waals surface area contributed by atoms with Crippen LogP contribution in [0.1, 0.15) is 75.8 Å².